The molecular weight excluding hydrogens is 560 g/mol. The number of aromatic nitrogens is 1. The van der Waals surface area contributed by atoms with Crippen LogP contribution in [0.3, 0.4) is 0 Å². The SMILES string of the molecule is CCOC(=O)C1=C(C)N=c2s/c(=C\c3ccc(-c4ccccc4C(=O)[O-])o3)c(=O)n2C1c1ccc(OC)c(OCC)c1. The number of hydrogen-bond acceptors (Lipinski definition) is 10. The van der Waals surface area contributed by atoms with Crippen molar-refractivity contribution in [2.45, 2.75) is 26.8 Å². The van der Waals surface area contributed by atoms with Gasteiger partial charge in [-0.05, 0) is 50.6 Å². The summed E-state index contributed by atoms with van der Waals surface area (Å²) < 4.78 is 24.2. The van der Waals surface area contributed by atoms with Crippen molar-refractivity contribution >= 4 is 29.4 Å². The number of aromatic carboxylic acids is 1. The third kappa shape index (κ3) is 5.26. The molecule has 1 aliphatic heterocycles. The van der Waals surface area contributed by atoms with E-state index in [9.17, 15) is 19.5 Å². The first-order valence-corrected chi connectivity index (χ1v) is 14.0. The molecule has 5 rings (SSSR count). The fourth-order valence-corrected chi connectivity index (χ4v) is 5.85. The molecule has 42 heavy (non-hydrogen) atoms. The van der Waals surface area contributed by atoms with E-state index < -0.39 is 18.0 Å². The molecule has 1 atom stereocenters. The molecule has 0 saturated carbocycles. The summed E-state index contributed by atoms with van der Waals surface area (Å²) in [5.41, 5.74) is 1.24. The lowest BCUT2D eigenvalue weighted by Gasteiger charge is -2.25. The summed E-state index contributed by atoms with van der Waals surface area (Å²) in [6, 6.07) is 14.0. The van der Waals surface area contributed by atoms with Crippen LogP contribution in [-0.2, 0) is 9.53 Å². The molecule has 2 aromatic carbocycles. The van der Waals surface area contributed by atoms with Crippen LogP contribution in [0.1, 0.15) is 48.5 Å². The number of carbonyl (C=O) groups excluding carboxylic acids is 2. The summed E-state index contributed by atoms with van der Waals surface area (Å²) in [5.74, 6) is -0.263. The molecule has 1 aliphatic rings. The number of carboxylic acids is 1. The maximum Gasteiger partial charge on any atom is 0.338 e. The van der Waals surface area contributed by atoms with Crippen LogP contribution in [0.5, 0.6) is 11.5 Å². The van der Waals surface area contributed by atoms with Gasteiger partial charge < -0.3 is 28.5 Å². The number of carboxylic acid groups (broad SMARTS) is 1. The number of hydrogen-bond donors (Lipinski definition) is 0. The van der Waals surface area contributed by atoms with Gasteiger partial charge in [0.15, 0.2) is 16.3 Å². The van der Waals surface area contributed by atoms with Crippen LogP contribution in [0.2, 0.25) is 0 Å². The zero-order valence-corrected chi connectivity index (χ0v) is 24.2. The van der Waals surface area contributed by atoms with E-state index in [0.29, 0.717) is 55.8 Å². The van der Waals surface area contributed by atoms with Gasteiger partial charge in [0.05, 0.1) is 48.1 Å². The fourth-order valence-electron chi connectivity index (χ4n) is 4.82. The number of thiazole rings is 1. The highest BCUT2D eigenvalue weighted by molar-refractivity contribution is 7.07. The van der Waals surface area contributed by atoms with Crippen LogP contribution in [0, 0.1) is 0 Å². The summed E-state index contributed by atoms with van der Waals surface area (Å²) in [6.07, 6.45) is 1.56. The van der Waals surface area contributed by atoms with Crippen molar-refractivity contribution in [3.05, 3.63) is 102 Å². The molecule has 3 heterocycles. The maximum atomic E-state index is 13.9. The Balaban J connectivity index is 1.66. The third-order valence-electron chi connectivity index (χ3n) is 6.63. The van der Waals surface area contributed by atoms with E-state index in [2.05, 4.69) is 4.99 Å². The van der Waals surface area contributed by atoms with E-state index in [1.807, 2.05) is 6.92 Å². The number of furan rings is 1. The molecule has 0 N–H and O–H groups in total. The van der Waals surface area contributed by atoms with Gasteiger partial charge in [0.1, 0.15) is 11.5 Å². The molecule has 0 fully saturated rings. The molecule has 4 aromatic rings. The summed E-state index contributed by atoms with van der Waals surface area (Å²) >= 11 is 1.14. The van der Waals surface area contributed by atoms with Crippen LogP contribution in [-0.4, -0.2) is 36.8 Å². The summed E-state index contributed by atoms with van der Waals surface area (Å²) in [6.45, 7) is 5.81. The van der Waals surface area contributed by atoms with Gasteiger partial charge >= 0.3 is 5.97 Å². The second-order valence-electron chi connectivity index (χ2n) is 9.18. The number of benzene rings is 2. The third-order valence-corrected chi connectivity index (χ3v) is 7.62. The molecule has 0 bridgehead atoms. The summed E-state index contributed by atoms with van der Waals surface area (Å²) in [7, 11) is 1.53. The second-order valence-corrected chi connectivity index (χ2v) is 10.2. The Morgan fingerprint density at radius 2 is 1.88 bits per heavy atom. The minimum absolute atomic E-state index is 0.00865. The number of allylic oxidation sites excluding steroid dienone is 1. The highest BCUT2D eigenvalue weighted by Crippen LogP contribution is 2.36. The van der Waals surface area contributed by atoms with E-state index in [1.54, 1.807) is 68.5 Å². The highest BCUT2D eigenvalue weighted by Gasteiger charge is 2.34. The number of esters is 1. The molecular formula is C31H27N2O8S-. The van der Waals surface area contributed by atoms with Crippen molar-refractivity contribution in [2.24, 2.45) is 4.99 Å². The number of rotatable bonds is 9. The predicted molar refractivity (Wildman–Crippen MR) is 153 cm³/mol. The largest absolute Gasteiger partial charge is 0.545 e. The minimum atomic E-state index is -1.32. The first-order valence-electron chi connectivity index (χ1n) is 13.2. The van der Waals surface area contributed by atoms with Crippen molar-refractivity contribution < 1.29 is 33.3 Å². The summed E-state index contributed by atoms with van der Waals surface area (Å²) in [5, 5.41) is 11.6. The number of carbonyl (C=O) groups is 2. The first-order chi connectivity index (χ1) is 20.3. The molecule has 0 spiro atoms. The van der Waals surface area contributed by atoms with Gasteiger partial charge in [-0.15, -0.1) is 0 Å². The number of fused-ring (bicyclic) bond motifs is 1. The molecule has 2 aromatic heterocycles. The lowest BCUT2D eigenvalue weighted by atomic mass is 9.95. The topological polar surface area (TPSA) is 132 Å². The molecule has 216 valence electrons. The van der Waals surface area contributed by atoms with Crippen molar-refractivity contribution in [3.8, 4) is 22.8 Å². The Kier molecular flexibility index (Phi) is 8.12. The molecule has 0 amide bonds. The van der Waals surface area contributed by atoms with Crippen molar-refractivity contribution in [3.63, 3.8) is 0 Å². The van der Waals surface area contributed by atoms with Gasteiger partial charge in [-0.1, -0.05) is 41.7 Å². The highest BCUT2D eigenvalue weighted by atomic mass is 32.1. The first kappa shape index (κ1) is 28.6. The van der Waals surface area contributed by atoms with Gasteiger partial charge in [0, 0.05) is 17.2 Å². The Hall–Kier alpha value is -4.90. The predicted octanol–water partition coefficient (Wildman–Crippen LogP) is 2.83. The van der Waals surface area contributed by atoms with Crippen molar-refractivity contribution in [2.75, 3.05) is 20.3 Å². The Morgan fingerprint density at radius 1 is 1.10 bits per heavy atom. The zero-order valence-electron chi connectivity index (χ0n) is 23.3. The van der Waals surface area contributed by atoms with Gasteiger partial charge in [-0.2, -0.15) is 0 Å². The Morgan fingerprint density at radius 3 is 2.60 bits per heavy atom. The molecule has 0 radical (unpaired) electrons. The molecule has 10 nitrogen and oxygen atoms in total. The molecule has 0 saturated heterocycles. The Labute approximate surface area is 244 Å². The Bertz CT molecular complexity index is 1900. The second kappa shape index (κ2) is 11.9. The average Bonchev–Trinajstić information content (AvgIpc) is 3.56. The van der Waals surface area contributed by atoms with Gasteiger partial charge in [0.25, 0.3) is 5.56 Å². The van der Waals surface area contributed by atoms with E-state index in [4.69, 9.17) is 18.6 Å². The lowest BCUT2D eigenvalue weighted by molar-refractivity contribution is -0.255. The minimum Gasteiger partial charge on any atom is -0.545 e. The monoisotopic (exact) mass is 587 g/mol. The van der Waals surface area contributed by atoms with E-state index >= 15 is 0 Å². The summed E-state index contributed by atoms with van der Waals surface area (Å²) in [4.78, 5) is 43.6. The fraction of sp³-hybridized carbons (Fsp3) is 0.226. The number of methoxy groups -OCH3 is 1. The van der Waals surface area contributed by atoms with E-state index in [0.717, 1.165) is 11.3 Å². The smallest absolute Gasteiger partial charge is 0.338 e. The van der Waals surface area contributed by atoms with E-state index in [1.165, 1.54) is 17.7 Å². The van der Waals surface area contributed by atoms with Crippen LogP contribution in [0.15, 0.2) is 80.1 Å². The lowest BCUT2D eigenvalue weighted by Crippen LogP contribution is -2.39. The quantitative estimate of drug-likeness (QED) is 0.273. The van der Waals surface area contributed by atoms with Gasteiger partial charge in [0.2, 0.25) is 0 Å². The van der Waals surface area contributed by atoms with E-state index in [-0.39, 0.29) is 23.3 Å². The molecule has 0 aliphatic carbocycles. The van der Waals surface area contributed by atoms with Crippen molar-refractivity contribution in [1.29, 1.82) is 0 Å². The standard InChI is InChI=1S/C31H28N2O8S/c1-5-39-24-15-18(11-13-23(24)38-4)27-26(30(37)40-6-2)17(3)32-31-33(27)28(34)25(42-31)16-19-12-14-22(41-19)20-9-7-8-10-21(20)29(35)36/h7-16,27H,5-6H2,1-4H3,(H,35,36)/p-1/b25-16-. The molecule has 1 unspecified atom stereocenters. The van der Waals surface area contributed by atoms with Crippen LogP contribution >= 0.6 is 11.3 Å². The van der Waals surface area contributed by atoms with Crippen molar-refractivity contribution in [1.82, 2.24) is 4.57 Å². The zero-order chi connectivity index (χ0) is 30.0. The maximum absolute atomic E-state index is 13.9. The van der Waals surface area contributed by atoms with Crippen LogP contribution < -0.4 is 29.5 Å². The van der Waals surface area contributed by atoms with Crippen LogP contribution in [0.25, 0.3) is 17.4 Å². The number of nitrogens with zero attached hydrogens (tertiary/aromatic N) is 2. The molecule has 11 heteroatoms. The van der Waals surface area contributed by atoms with Gasteiger partial charge in [-0.3, -0.25) is 9.36 Å². The normalized spacial score (nSPS) is 14.8. The van der Waals surface area contributed by atoms with Gasteiger partial charge in [-0.25, -0.2) is 9.79 Å². The number of ether oxygens (including phenoxy) is 3. The average molecular weight is 588 g/mol. The van der Waals surface area contributed by atoms with Crippen LogP contribution in [0.4, 0.5) is 0 Å².